The van der Waals surface area contributed by atoms with Gasteiger partial charge in [-0.3, -0.25) is 4.79 Å². The van der Waals surface area contributed by atoms with E-state index in [9.17, 15) is 9.90 Å². The fourth-order valence-corrected chi connectivity index (χ4v) is 3.15. The van der Waals surface area contributed by atoms with Crippen LogP contribution in [0, 0.1) is 0 Å². The Labute approximate surface area is 168 Å². The monoisotopic (exact) mass is 386 g/mol. The third kappa shape index (κ3) is 19.9. The predicted molar refractivity (Wildman–Crippen MR) is 113 cm³/mol. The molecule has 1 atom stereocenters. The maximum atomic E-state index is 11.6. The molecule has 162 valence electrons. The molecule has 4 nitrogen and oxygen atoms in total. The summed E-state index contributed by atoms with van der Waals surface area (Å²) in [7, 11) is 0. The molecule has 0 rings (SSSR count). The number of hydrogen-bond acceptors (Lipinski definition) is 4. The smallest absolute Gasteiger partial charge is 0.306 e. The van der Waals surface area contributed by atoms with E-state index in [1.54, 1.807) is 0 Å². The lowest BCUT2D eigenvalue weighted by atomic mass is 10.1. The maximum absolute atomic E-state index is 11.6. The van der Waals surface area contributed by atoms with Gasteiger partial charge in [-0.15, -0.1) is 0 Å². The molecule has 0 aromatic carbocycles. The highest BCUT2D eigenvalue weighted by molar-refractivity contribution is 5.69. The summed E-state index contributed by atoms with van der Waals surface area (Å²) in [4.78, 5) is 11.6. The van der Waals surface area contributed by atoms with Gasteiger partial charge in [0.25, 0.3) is 0 Å². The van der Waals surface area contributed by atoms with Crippen LogP contribution in [0.25, 0.3) is 0 Å². The van der Waals surface area contributed by atoms with E-state index in [2.05, 4.69) is 13.8 Å². The minimum Gasteiger partial charge on any atom is -0.457 e. The molecule has 0 saturated carbocycles. The van der Waals surface area contributed by atoms with Crippen molar-refractivity contribution in [2.45, 2.75) is 123 Å². The standard InChI is InChI=1S/C23H46O4/c1-3-5-7-8-9-10-11-12-13-14-15-17-19-26-21-22(20-24)27-23(25)18-16-6-4-2/h22,24H,3-21H2,1-2H3. The Morgan fingerprint density at radius 3 is 1.74 bits per heavy atom. The Morgan fingerprint density at radius 2 is 1.22 bits per heavy atom. The molecule has 0 aromatic heterocycles. The third-order valence-corrected chi connectivity index (χ3v) is 4.93. The van der Waals surface area contributed by atoms with Crippen molar-refractivity contribution in [3.63, 3.8) is 0 Å². The van der Waals surface area contributed by atoms with Crippen LogP contribution in [0.3, 0.4) is 0 Å². The van der Waals surface area contributed by atoms with E-state index < -0.39 is 6.10 Å². The first-order chi connectivity index (χ1) is 13.2. The fraction of sp³-hybridized carbons (Fsp3) is 0.957. The van der Waals surface area contributed by atoms with Crippen molar-refractivity contribution in [2.75, 3.05) is 19.8 Å². The average molecular weight is 387 g/mol. The van der Waals surface area contributed by atoms with Crippen LogP contribution in [0.5, 0.6) is 0 Å². The van der Waals surface area contributed by atoms with Gasteiger partial charge in [-0.05, 0) is 12.8 Å². The minimum atomic E-state index is -0.517. The summed E-state index contributed by atoms with van der Waals surface area (Å²) >= 11 is 0. The van der Waals surface area contributed by atoms with E-state index in [1.807, 2.05) is 0 Å². The van der Waals surface area contributed by atoms with Gasteiger partial charge >= 0.3 is 5.97 Å². The SMILES string of the molecule is CCCCCCCCCCCCCCOCC(CO)OC(=O)CCCCC. The largest absolute Gasteiger partial charge is 0.457 e. The summed E-state index contributed by atoms with van der Waals surface area (Å²) in [6.45, 7) is 5.18. The van der Waals surface area contributed by atoms with Gasteiger partial charge in [0.15, 0.2) is 0 Å². The van der Waals surface area contributed by atoms with Crippen molar-refractivity contribution in [1.29, 1.82) is 0 Å². The molecular weight excluding hydrogens is 340 g/mol. The first kappa shape index (κ1) is 26.4. The Hall–Kier alpha value is -0.610. The summed E-state index contributed by atoms with van der Waals surface area (Å²) in [6.07, 6.45) is 18.8. The van der Waals surface area contributed by atoms with Crippen molar-refractivity contribution in [1.82, 2.24) is 0 Å². The van der Waals surface area contributed by atoms with Crippen molar-refractivity contribution in [3.05, 3.63) is 0 Å². The summed E-state index contributed by atoms with van der Waals surface area (Å²) in [5.41, 5.74) is 0. The molecule has 0 spiro atoms. The second-order valence-electron chi connectivity index (χ2n) is 7.72. The zero-order valence-corrected chi connectivity index (χ0v) is 18.2. The van der Waals surface area contributed by atoms with E-state index in [0.717, 1.165) is 25.7 Å². The van der Waals surface area contributed by atoms with Gasteiger partial charge < -0.3 is 14.6 Å². The summed E-state index contributed by atoms with van der Waals surface area (Å²) < 4.78 is 10.8. The number of hydrogen-bond donors (Lipinski definition) is 1. The van der Waals surface area contributed by atoms with Crippen LogP contribution in [0.1, 0.15) is 117 Å². The molecule has 27 heavy (non-hydrogen) atoms. The molecular formula is C23H46O4. The summed E-state index contributed by atoms with van der Waals surface area (Å²) in [5, 5.41) is 9.29. The number of carbonyl (C=O) groups is 1. The number of aliphatic hydroxyl groups excluding tert-OH is 1. The topological polar surface area (TPSA) is 55.8 Å². The molecule has 0 amide bonds. The van der Waals surface area contributed by atoms with Crippen molar-refractivity contribution >= 4 is 5.97 Å². The fourth-order valence-electron chi connectivity index (χ4n) is 3.15. The zero-order chi connectivity index (χ0) is 20.0. The number of aliphatic hydroxyl groups is 1. The van der Waals surface area contributed by atoms with Gasteiger partial charge in [0.1, 0.15) is 6.10 Å². The Bertz CT molecular complexity index is 307. The molecule has 1 N–H and O–H groups in total. The van der Waals surface area contributed by atoms with Gasteiger partial charge in [0, 0.05) is 13.0 Å². The van der Waals surface area contributed by atoms with Crippen LogP contribution in [0.15, 0.2) is 0 Å². The molecule has 0 fully saturated rings. The molecule has 0 aliphatic rings. The molecule has 0 aliphatic carbocycles. The molecule has 0 saturated heterocycles. The van der Waals surface area contributed by atoms with Crippen molar-refractivity contribution in [2.24, 2.45) is 0 Å². The van der Waals surface area contributed by atoms with Crippen molar-refractivity contribution < 1.29 is 19.4 Å². The van der Waals surface area contributed by atoms with Gasteiger partial charge in [-0.2, -0.15) is 0 Å². The molecule has 1 unspecified atom stereocenters. The molecule has 4 heteroatoms. The highest BCUT2D eigenvalue weighted by Gasteiger charge is 2.13. The van der Waals surface area contributed by atoms with Crippen LogP contribution in [0.4, 0.5) is 0 Å². The first-order valence-electron chi connectivity index (χ1n) is 11.6. The second-order valence-corrected chi connectivity index (χ2v) is 7.72. The lowest BCUT2D eigenvalue weighted by Crippen LogP contribution is -2.27. The number of carbonyl (C=O) groups excluding carboxylic acids is 1. The summed E-state index contributed by atoms with van der Waals surface area (Å²) in [6, 6.07) is 0. The van der Waals surface area contributed by atoms with Crippen LogP contribution in [-0.4, -0.2) is 37.0 Å². The lowest BCUT2D eigenvalue weighted by molar-refractivity contribution is -0.154. The maximum Gasteiger partial charge on any atom is 0.306 e. The van der Waals surface area contributed by atoms with E-state index in [1.165, 1.54) is 70.6 Å². The highest BCUT2D eigenvalue weighted by atomic mass is 16.6. The van der Waals surface area contributed by atoms with Crippen LogP contribution >= 0.6 is 0 Å². The quantitative estimate of drug-likeness (QED) is 0.189. The van der Waals surface area contributed by atoms with Gasteiger partial charge in [0.2, 0.25) is 0 Å². The van der Waals surface area contributed by atoms with E-state index in [-0.39, 0.29) is 12.6 Å². The number of ether oxygens (including phenoxy) is 2. The van der Waals surface area contributed by atoms with Gasteiger partial charge in [0.05, 0.1) is 13.2 Å². The molecule has 0 heterocycles. The van der Waals surface area contributed by atoms with Gasteiger partial charge in [-0.1, -0.05) is 97.3 Å². The molecule has 0 aromatic rings. The van der Waals surface area contributed by atoms with Gasteiger partial charge in [-0.25, -0.2) is 0 Å². The molecule has 0 aliphatic heterocycles. The van der Waals surface area contributed by atoms with E-state index >= 15 is 0 Å². The average Bonchev–Trinajstić information content (AvgIpc) is 2.67. The van der Waals surface area contributed by atoms with Crippen LogP contribution in [0.2, 0.25) is 0 Å². The van der Waals surface area contributed by atoms with Crippen LogP contribution < -0.4 is 0 Å². The minimum absolute atomic E-state index is 0.169. The Balaban J connectivity index is 3.35. The van der Waals surface area contributed by atoms with Crippen molar-refractivity contribution in [3.8, 4) is 0 Å². The van der Waals surface area contributed by atoms with Crippen LogP contribution in [-0.2, 0) is 14.3 Å². The summed E-state index contributed by atoms with van der Waals surface area (Å²) in [5.74, 6) is -0.225. The normalized spacial score (nSPS) is 12.3. The zero-order valence-electron chi connectivity index (χ0n) is 18.2. The number of rotatable bonds is 21. The third-order valence-electron chi connectivity index (χ3n) is 4.93. The lowest BCUT2D eigenvalue weighted by Gasteiger charge is -2.15. The molecule has 0 radical (unpaired) electrons. The highest BCUT2D eigenvalue weighted by Crippen LogP contribution is 2.12. The number of unbranched alkanes of at least 4 members (excludes halogenated alkanes) is 13. The van der Waals surface area contributed by atoms with E-state index in [0.29, 0.717) is 19.6 Å². The Kier molecular flexibility index (Phi) is 21.2. The second kappa shape index (κ2) is 21.7. The number of esters is 1. The Morgan fingerprint density at radius 1 is 0.741 bits per heavy atom. The molecule has 0 bridgehead atoms. The first-order valence-corrected chi connectivity index (χ1v) is 11.6. The van der Waals surface area contributed by atoms with E-state index in [4.69, 9.17) is 9.47 Å². The predicted octanol–water partition coefficient (Wildman–Crippen LogP) is 6.19.